The third-order valence-corrected chi connectivity index (χ3v) is 3.65. The molecule has 0 aliphatic carbocycles. The zero-order chi connectivity index (χ0) is 13.2. The van der Waals surface area contributed by atoms with Crippen molar-refractivity contribution in [1.82, 2.24) is 4.98 Å². The Labute approximate surface area is 114 Å². The Bertz CT molecular complexity index is 785. The van der Waals surface area contributed by atoms with E-state index < -0.39 is 0 Å². The summed E-state index contributed by atoms with van der Waals surface area (Å²) >= 11 is 1.55. The van der Waals surface area contributed by atoms with Crippen LogP contribution >= 0.6 is 11.3 Å². The maximum Gasteiger partial charge on any atom is 0.106 e. The second kappa shape index (κ2) is 4.59. The number of rotatable bonds is 2. The molecule has 0 amide bonds. The predicted molar refractivity (Wildman–Crippen MR) is 78.5 cm³/mol. The number of hydrogen-bond donors (Lipinski definition) is 2. The molecule has 4 nitrogen and oxygen atoms in total. The average Bonchev–Trinajstić information content (AvgIpc) is 2.92. The zero-order valence-corrected chi connectivity index (χ0v) is 10.7. The first-order valence-corrected chi connectivity index (χ1v) is 6.55. The summed E-state index contributed by atoms with van der Waals surface area (Å²) in [5.41, 5.74) is 11.4. The van der Waals surface area contributed by atoms with Gasteiger partial charge in [-0.1, -0.05) is 12.1 Å². The summed E-state index contributed by atoms with van der Waals surface area (Å²) in [6.07, 6.45) is 0. The summed E-state index contributed by atoms with van der Waals surface area (Å²) < 4.78 is 1.05. The summed E-state index contributed by atoms with van der Waals surface area (Å²) in [7, 11) is 0. The number of nitrogens with two attached hydrogens (primary N) is 1. The summed E-state index contributed by atoms with van der Waals surface area (Å²) in [5.74, 6) is 0. The first-order valence-electron chi connectivity index (χ1n) is 5.67. The predicted octanol–water partition coefficient (Wildman–Crippen LogP) is 3.49. The van der Waals surface area contributed by atoms with Gasteiger partial charge in [0.05, 0.1) is 32.8 Å². The van der Waals surface area contributed by atoms with Crippen molar-refractivity contribution in [2.75, 3.05) is 11.1 Å². The minimum absolute atomic E-state index is 0.584. The topological polar surface area (TPSA) is 74.7 Å². The highest BCUT2D eigenvalue weighted by Gasteiger charge is 2.08. The van der Waals surface area contributed by atoms with E-state index in [0.29, 0.717) is 11.3 Å². The van der Waals surface area contributed by atoms with Crippen LogP contribution in [0.3, 0.4) is 0 Å². The van der Waals surface area contributed by atoms with Gasteiger partial charge in [0.2, 0.25) is 0 Å². The van der Waals surface area contributed by atoms with Gasteiger partial charge in [-0.3, -0.25) is 0 Å². The fourth-order valence-corrected chi connectivity index (χ4v) is 2.59. The van der Waals surface area contributed by atoms with Gasteiger partial charge in [0.15, 0.2) is 0 Å². The molecule has 1 aromatic heterocycles. The van der Waals surface area contributed by atoms with E-state index in [1.54, 1.807) is 22.9 Å². The van der Waals surface area contributed by atoms with Gasteiger partial charge in [0, 0.05) is 0 Å². The van der Waals surface area contributed by atoms with Crippen molar-refractivity contribution < 1.29 is 0 Å². The monoisotopic (exact) mass is 266 g/mol. The quantitative estimate of drug-likeness (QED) is 0.696. The Hall–Kier alpha value is -2.58. The molecule has 0 fully saturated rings. The van der Waals surface area contributed by atoms with E-state index in [4.69, 9.17) is 11.0 Å². The summed E-state index contributed by atoms with van der Waals surface area (Å²) in [6, 6.07) is 13.4. The smallest absolute Gasteiger partial charge is 0.106 e. The highest BCUT2D eigenvalue weighted by Crippen LogP contribution is 2.32. The zero-order valence-electron chi connectivity index (χ0n) is 9.92. The number of benzene rings is 2. The van der Waals surface area contributed by atoms with E-state index in [2.05, 4.69) is 16.4 Å². The molecule has 3 N–H and O–H groups in total. The molecule has 0 radical (unpaired) electrons. The second-order valence-corrected chi connectivity index (χ2v) is 4.89. The molecule has 19 heavy (non-hydrogen) atoms. The summed E-state index contributed by atoms with van der Waals surface area (Å²) in [5, 5.41) is 12.3. The van der Waals surface area contributed by atoms with Crippen LogP contribution in [0.25, 0.3) is 10.2 Å². The lowest BCUT2D eigenvalue weighted by molar-refractivity contribution is 1.46. The van der Waals surface area contributed by atoms with Gasteiger partial charge in [-0.05, 0) is 24.3 Å². The molecule has 3 aromatic rings. The Morgan fingerprint density at radius 2 is 2.00 bits per heavy atom. The molecule has 5 heteroatoms. The van der Waals surface area contributed by atoms with Gasteiger partial charge in [-0.25, -0.2) is 4.98 Å². The lowest BCUT2D eigenvalue weighted by Gasteiger charge is -2.10. The molecular formula is C14H10N4S. The largest absolute Gasteiger partial charge is 0.395 e. The number of fused-ring (bicyclic) bond motifs is 1. The maximum absolute atomic E-state index is 9.07. The lowest BCUT2D eigenvalue weighted by Crippen LogP contribution is -1.98. The minimum Gasteiger partial charge on any atom is -0.395 e. The summed E-state index contributed by atoms with van der Waals surface area (Å²) in [4.78, 5) is 4.25. The second-order valence-electron chi connectivity index (χ2n) is 4.01. The summed E-state index contributed by atoms with van der Waals surface area (Å²) in [6.45, 7) is 0. The molecule has 0 saturated carbocycles. The third-order valence-electron chi connectivity index (χ3n) is 2.86. The number of para-hydroxylation sites is 1. The van der Waals surface area contributed by atoms with E-state index in [1.807, 2.05) is 30.3 Å². The molecule has 0 saturated heterocycles. The van der Waals surface area contributed by atoms with Crippen molar-refractivity contribution in [1.29, 1.82) is 5.26 Å². The maximum atomic E-state index is 9.07. The lowest BCUT2D eigenvalue weighted by atomic mass is 10.1. The van der Waals surface area contributed by atoms with Crippen molar-refractivity contribution in [3.8, 4) is 6.07 Å². The molecule has 0 atom stereocenters. The van der Waals surface area contributed by atoms with Crippen molar-refractivity contribution in [2.45, 2.75) is 0 Å². The van der Waals surface area contributed by atoms with Crippen LogP contribution in [0.4, 0.5) is 17.1 Å². The number of nitriles is 1. The average molecular weight is 266 g/mol. The van der Waals surface area contributed by atoms with Crippen LogP contribution in [0.2, 0.25) is 0 Å². The SMILES string of the molecule is N#Cc1ccccc1Nc1ccc2scnc2c1N. The van der Waals surface area contributed by atoms with Crippen LogP contribution in [0.1, 0.15) is 5.56 Å². The van der Waals surface area contributed by atoms with Gasteiger partial charge < -0.3 is 11.1 Å². The normalized spacial score (nSPS) is 10.3. The molecule has 0 aliphatic rings. The molecule has 0 spiro atoms. The van der Waals surface area contributed by atoms with Crippen molar-refractivity contribution in [3.05, 3.63) is 47.5 Å². The minimum atomic E-state index is 0.584. The van der Waals surface area contributed by atoms with Crippen molar-refractivity contribution >= 4 is 38.6 Å². The first-order chi connectivity index (χ1) is 9.29. The van der Waals surface area contributed by atoms with Gasteiger partial charge in [0.25, 0.3) is 0 Å². The number of nitrogens with zero attached hydrogens (tertiary/aromatic N) is 2. The van der Waals surface area contributed by atoms with Gasteiger partial charge >= 0.3 is 0 Å². The van der Waals surface area contributed by atoms with Crippen LogP contribution in [-0.4, -0.2) is 4.98 Å². The molecule has 0 bridgehead atoms. The first kappa shape index (κ1) is 11.5. The number of aromatic nitrogens is 1. The highest BCUT2D eigenvalue weighted by atomic mass is 32.1. The van der Waals surface area contributed by atoms with Crippen LogP contribution in [0.5, 0.6) is 0 Å². The number of anilines is 3. The molecule has 3 rings (SSSR count). The van der Waals surface area contributed by atoms with Crippen molar-refractivity contribution in [3.63, 3.8) is 0 Å². The fourth-order valence-electron chi connectivity index (χ4n) is 1.90. The van der Waals surface area contributed by atoms with E-state index in [-0.39, 0.29) is 0 Å². The molecule has 92 valence electrons. The molecule has 1 heterocycles. The van der Waals surface area contributed by atoms with Crippen LogP contribution in [0, 0.1) is 11.3 Å². The molecule has 0 aliphatic heterocycles. The van der Waals surface area contributed by atoms with Crippen LogP contribution < -0.4 is 11.1 Å². The number of nitrogen functional groups attached to an aromatic ring is 1. The van der Waals surface area contributed by atoms with E-state index in [0.717, 1.165) is 21.6 Å². The molecule has 0 unspecified atom stereocenters. The number of hydrogen-bond acceptors (Lipinski definition) is 5. The fraction of sp³-hybridized carbons (Fsp3) is 0. The highest BCUT2D eigenvalue weighted by molar-refractivity contribution is 7.16. The number of nitrogens with one attached hydrogen (secondary N) is 1. The third kappa shape index (κ3) is 1.98. The number of thiazole rings is 1. The van der Waals surface area contributed by atoms with Gasteiger partial charge in [0.1, 0.15) is 11.6 Å². The molecule has 2 aromatic carbocycles. The van der Waals surface area contributed by atoms with E-state index in [1.165, 1.54) is 0 Å². The Balaban J connectivity index is 2.06. The van der Waals surface area contributed by atoms with E-state index in [9.17, 15) is 0 Å². The van der Waals surface area contributed by atoms with Gasteiger partial charge in [-0.2, -0.15) is 5.26 Å². The van der Waals surface area contributed by atoms with Crippen LogP contribution in [0.15, 0.2) is 41.9 Å². The van der Waals surface area contributed by atoms with E-state index >= 15 is 0 Å². The molecular weight excluding hydrogens is 256 g/mol. The Morgan fingerprint density at radius 1 is 1.16 bits per heavy atom. The van der Waals surface area contributed by atoms with Crippen LogP contribution in [-0.2, 0) is 0 Å². The Kier molecular flexibility index (Phi) is 2.78. The standard InChI is InChI=1S/C14H10N4S/c15-7-9-3-1-2-4-10(9)18-11-5-6-12-14(13(11)16)17-8-19-12/h1-6,8,18H,16H2. The van der Waals surface area contributed by atoms with Crippen molar-refractivity contribution in [2.24, 2.45) is 0 Å². The van der Waals surface area contributed by atoms with Gasteiger partial charge in [-0.15, -0.1) is 11.3 Å². The Morgan fingerprint density at radius 3 is 2.84 bits per heavy atom.